The number of aliphatic hydroxyl groups excluding tert-OH is 1. The maximum absolute atomic E-state index is 12.2. The van der Waals surface area contributed by atoms with E-state index in [1.165, 1.54) is 0 Å². The summed E-state index contributed by atoms with van der Waals surface area (Å²) in [5.41, 5.74) is 1.50. The SMILES string of the molecule is CC(C)(C)OC(=O)N1CCCC1/C=C/c1ccc(CO)cc1. The van der Waals surface area contributed by atoms with Gasteiger partial charge >= 0.3 is 6.09 Å². The van der Waals surface area contributed by atoms with E-state index in [4.69, 9.17) is 9.84 Å². The summed E-state index contributed by atoms with van der Waals surface area (Å²) in [6.45, 7) is 6.45. The first-order chi connectivity index (χ1) is 10.4. The van der Waals surface area contributed by atoms with E-state index >= 15 is 0 Å². The van der Waals surface area contributed by atoms with Gasteiger partial charge in [0.15, 0.2) is 0 Å². The molecule has 2 rings (SSSR count). The van der Waals surface area contributed by atoms with Crippen molar-refractivity contribution in [2.45, 2.75) is 51.9 Å². The van der Waals surface area contributed by atoms with Crippen LogP contribution in [0.3, 0.4) is 0 Å². The fraction of sp³-hybridized carbons (Fsp3) is 0.500. The quantitative estimate of drug-likeness (QED) is 0.928. The molecule has 1 N–H and O–H groups in total. The van der Waals surface area contributed by atoms with Crippen LogP contribution in [0.15, 0.2) is 30.3 Å². The predicted octanol–water partition coefficient (Wildman–Crippen LogP) is 3.59. The molecular weight excluding hydrogens is 278 g/mol. The first kappa shape index (κ1) is 16.6. The topological polar surface area (TPSA) is 49.8 Å². The van der Waals surface area contributed by atoms with Crippen molar-refractivity contribution in [3.8, 4) is 0 Å². The van der Waals surface area contributed by atoms with Crippen LogP contribution in [0, 0.1) is 0 Å². The highest BCUT2D eigenvalue weighted by Crippen LogP contribution is 2.22. The normalized spacial score (nSPS) is 18.9. The Labute approximate surface area is 132 Å². The van der Waals surface area contributed by atoms with Crippen LogP contribution < -0.4 is 0 Å². The molecule has 1 amide bonds. The number of carbonyl (C=O) groups excluding carboxylic acids is 1. The Morgan fingerprint density at radius 3 is 2.64 bits per heavy atom. The number of carbonyl (C=O) groups is 1. The molecule has 120 valence electrons. The van der Waals surface area contributed by atoms with Crippen molar-refractivity contribution in [3.05, 3.63) is 41.5 Å². The zero-order valence-electron chi connectivity index (χ0n) is 13.6. The summed E-state index contributed by atoms with van der Waals surface area (Å²) in [4.78, 5) is 14.0. The fourth-order valence-corrected chi connectivity index (χ4v) is 2.50. The van der Waals surface area contributed by atoms with E-state index in [0.717, 1.165) is 30.5 Å². The minimum Gasteiger partial charge on any atom is -0.444 e. The molecule has 1 saturated heterocycles. The molecule has 4 heteroatoms. The Kier molecular flexibility index (Phi) is 5.24. The summed E-state index contributed by atoms with van der Waals surface area (Å²) < 4.78 is 5.46. The van der Waals surface area contributed by atoms with Gasteiger partial charge in [-0.3, -0.25) is 0 Å². The molecule has 1 aliphatic heterocycles. The highest BCUT2D eigenvalue weighted by atomic mass is 16.6. The van der Waals surface area contributed by atoms with Crippen molar-refractivity contribution < 1.29 is 14.6 Å². The summed E-state index contributed by atoms with van der Waals surface area (Å²) in [5, 5.41) is 9.04. The lowest BCUT2D eigenvalue weighted by atomic mass is 10.1. The second kappa shape index (κ2) is 6.97. The zero-order chi connectivity index (χ0) is 16.2. The maximum Gasteiger partial charge on any atom is 0.410 e. The minimum atomic E-state index is -0.464. The number of benzene rings is 1. The molecule has 0 aromatic heterocycles. The van der Waals surface area contributed by atoms with Crippen LogP contribution in [0.2, 0.25) is 0 Å². The molecule has 1 atom stereocenters. The second-order valence-electron chi connectivity index (χ2n) is 6.64. The molecule has 1 aromatic rings. The largest absolute Gasteiger partial charge is 0.444 e. The van der Waals surface area contributed by atoms with Crippen molar-refractivity contribution in [1.29, 1.82) is 0 Å². The van der Waals surface area contributed by atoms with Crippen LogP contribution >= 0.6 is 0 Å². The zero-order valence-corrected chi connectivity index (χ0v) is 13.6. The van der Waals surface area contributed by atoms with Gasteiger partial charge in [-0.25, -0.2) is 4.79 Å². The number of aliphatic hydroxyl groups is 1. The monoisotopic (exact) mass is 303 g/mol. The summed E-state index contributed by atoms with van der Waals surface area (Å²) in [7, 11) is 0. The first-order valence-corrected chi connectivity index (χ1v) is 7.77. The van der Waals surface area contributed by atoms with E-state index in [1.54, 1.807) is 4.90 Å². The molecule has 1 aliphatic rings. The van der Waals surface area contributed by atoms with Gasteiger partial charge in [0.1, 0.15) is 5.60 Å². The molecule has 0 saturated carbocycles. The van der Waals surface area contributed by atoms with Gasteiger partial charge in [0.2, 0.25) is 0 Å². The Balaban J connectivity index is 2.00. The van der Waals surface area contributed by atoms with Crippen molar-refractivity contribution in [2.24, 2.45) is 0 Å². The van der Waals surface area contributed by atoms with Gasteiger partial charge in [-0.1, -0.05) is 36.4 Å². The number of ether oxygens (including phenoxy) is 1. The maximum atomic E-state index is 12.2. The third-order valence-corrected chi connectivity index (χ3v) is 3.60. The molecule has 0 radical (unpaired) electrons. The average molecular weight is 303 g/mol. The number of rotatable bonds is 3. The lowest BCUT2D eigenvalue weighted by Gasteiger charge is -2.27. The standard InChI is InChI=1S/C18H25NO3/c1-18(2,3)22-17(21)19-12-4-5-16(19)11-10-14-6-8-15(13-20)9-7-14/h6-11,16,20H,4-5,12-13H2,1-3H3/b11-10+. The average Bonchev–Trinajstić information content (AvgIpc) is 2.92. The van der Waals surface area contributed by atoms with E-state index < -0.39 is 5.60 Å². The number of likely N-dealkylation sites (tertiary alicyclic amines) is 1. The van der Waals surface area contributed by atoms with Gasteiger partial charge in [0, 0.05) is 6.54 Å². The van der Waals surface area contributed by atoms with E-state index in [9.17, 15) is 4.79 Å². The first-order valence-electron chi connectivity index (χ1n) is 7.77. The lowest BCUT2D eigenvalue weighted by Crippen LogP contribution is -2.39. The summed E-state index contributed by atoms with van der Waals surface area (Å²) in [5.74, 6) is 0. The van der Waals surface area contributed by atoms with Gasteiger partial charge in [-0.2, -0.15) is 0 Å². The Bertz CT molecular complexity index is 528. The van der Waals surface area contributed by atoms with Crippen LogP contribution in [0.4, 0.5) is 4.79 Å². The Morgan fingerprint density at radius 2 is 2.05 bits per heavy atom. The van der Waals surface area contributed by atoms with Crippen LogP contribution in [-0.4, -0.2) is 34.3 Å². The van der Waals surface area contributed by atoms with Crippen LogP contribution in [0.25, 0.3) is 6.08 Å². The minimum absolute atomic E-state index is 0.0546. The van der Waals surface area contributed by atoms with Gasteiger partial charge in [0.25, 0.3) is 0 Å². The Hall–Kier alpha value is -1.81. The molecule has 1 unspecified atom stereocenters. The molecular formula is C18H25NO3. The number of nitrogens with zero attached hydrogens (tertiary/aromatic N) is 1. The van der Waals surface area contributed by atoms with E-state index in [-0.39, 0.29) is 18.7 Å². The van der Waals surface area contributed by atoms with E-state index in [2.05, 4.69) is 6.08 Å². The number of amides is 1. The molecule has 0 aliphatic carbocycles. The molecule has 0 spiro atoms. The third kappa shape index (κ3) is 4.60. The third-order valence-electron chi connectivity index (χ3n) is 3.60. The van der Waals surface area contributed by atoms with Crippen molar-refractivity contribution in [2.75, 3.05) is 6.54 Å². The summed E-state index contributed by atoms with van der Waals surface area (Å²) >= 11 is 0. The van der Waals surface area contributed by atoms with Crippen LogP contribution in [0.5, 0.6) is 0 Å². The van der Waals surface area contributed by atoms with Crippen LogP contribution in [0.1, 0.15) is 44.7 Å². The number of hydrogen-bond donors (Lipinski definition) is 1. The van der Waals surface area contributed by atoms with Crippen molar-refractivity contribution in [3.63, 3.8) is 0 Å². The van der Waals surface area contributed by atoms with E-state index in [0.29, 0.717) is 0 Å². The lowest BCUT2D eigenvalue weighted by molar-refractivity contribution is 0.0256. The van der Waals surface area contributed by atoms with E-state index in [1.807, 2.05) is 51.1 Å². The summed E-state index contributed by atoms with van der Waals surface area (Å²) in [6.07, 6.45) is 5.80. The molecule has 4 nitrogen and oxygen atoms in total. The van der Waals surface area contributed by atoms with Gasteiger partial charge in [-0.05, 0) is 44.7 Å². The highest BCUT2D eigenvalue weighted by Gasteiger charge is 2.30. The fourth-order valence-electron chi connectivity index (χ4n) is 2.50. The van der Waals surface area contributed by atoms with Gasteiger partial charge in [-0.15, -0.1) is 0 Å². The molecule has 22 heavy (non-hydrogen) atoms. The molecule has 0 bridgehead atoms. The smallest absolute Gasteiger partial charge is 0.410 e. The summed E-state index contributed by atoms with van der Waals surface area (Å²) in [6, 6.07) is 7.83. The van der Waals surface area contributed by atoms with Gasteiger partial charge in [0.05, 0.1) is 12.6 Å². The molecule has 1 heterocycles. The van der Waals surface area contributed by atoms with Gasteiger partial charge < -0.3 is 14.7 Å². The molecule has 1 aromatic carbocycles. The number of hydrogen-bond acceptors (Lipinski definition) is 3. The highest BCUT2D eigenvalue weighted by molar-refractivity contribution is 5.69. The van der Waals surface area contributed by atoms with Crippen molar-refractivity contribution in [1.82, 2.24) is 4.90 Å². The van der Waals surface area contributed by atoms with Crippen LogP contribution in [-0.2, 0) is 11.3 Å². The molecule has 1 fully saturated rings. The predicted molar refractivity (Wildman–Crippen MR) is 87.4 cm³/mol. The second-order valence-corrected chi connectivity index (χ2v) is 6.64. The Morgan fingerprint density at radius 1 is 1.36 bits per heavy atom. The van der Waals surface area contributed by atoms with Crippen molar-refractivity contribution >= 4 is 12.2 Å².